The van der Waals surface area contributed by atoms with Crippen molar-refractivity contribution in [1.29, 1.82) is 0 Å². The van der Waals surface area contributed by atoms with Crippen molar-refractivity contribution in [2.75, 3.05) is 21.1 Å². The lowest BCUT2D eigenvalue weighted by atomic mass is 10.9. The molecule has 12 heavy (non-hydrogen) atoms. The standard InChI is InChI=1S/C4H11N3O4S/c1-5-4(6-2)7(3)11-12(8,9)10/h1-3H3,(H2,5,6,8,9,10)/p+1. The Labute approximate surface area is 70.9 Å². The van der Waals surface area contributed by atoms with E-state index in [9.17, 15) is 8.42 Å². The van der Waals surface area contributed by atoms with Gasteiger partial charge in [-0.15, -0.1) is 0 Å². The number of nitrogens with zero attached hydrogens (tertiary/aromatic N) is 1. The zero-order chi connectivity index (χ0) is 9.78. The van der Waals surface area contributed by atoms with E-state index in [4.69, 9.17) is 4.55 Å². The molecular formula is C4H12N3O4S+. The Balaban J connectivity index is 4.56. The summed E-state index contributed by atoms with van der Waals surface area (Å²) in [6, 6.07) is 0. The molecule has 0 rings (SSSR count). The maximum Gasteiger partial charge on any atom is 0.476 e. The normalized spacial score (nSPS) is 10.3. The number of rotatable bonds is 2. The van der Waals surface area contributed by atoms with Crippen molar-refractivity contribution in [2.45, 2.75) is 0 Å². The van der Waals surface area contributed by atoms with Crippen molar-refractivity contribution in [2.24, 2.45) is 0 Å². The molecule has 0 fully saturated rings. The molecule has 0 spiro atoms. The highest BCUT2D eigenvalue weighted by molar-refractivity contribution is 7.80. The molecule has 0 aliphatic carbocycles. The van der Waals surface area contributed by atoms with Crippen LogP contribution in [0.2, 0.25) is 0 Å². The minimum atomic E-state index is -4.46. The van der Waals surface area contributed by atoms with Gasteiger partial charge in [0.15, 0.2) is 0 Å². The molecule has 0 bridgehead atoms. The number of guanidine groups is 1. The van der Waals surface area contributed by atoms with Crippen LogP contribution in [-0.4, -0.2) is 44.8 Å². The minimum Gasteiger partial charge on any atom is -0.278 e. The first-order chi connectivity index (χ1) is 5.40. The predicted molar refractivity (Wildman–Crippen MR) is 41.9 cm³/mol. The van der Waals surface area contributed by atoms with Gasteiger partial charge in [0.1, 0.15) is 0 Å². The van der Waals surface area contributed by atoms with E-state index in [-0.39, 0.29) is 0 Å². The average Bonchev–Trinajstić information content (AvgIpc) is 1.85. The highest BCUT2D eigenvalue weighted by Crippen LogP contribution is 1.84. The smallest absolute Gasteiger partial charge is 0.278 e. The van der Waals surface area contributed by atoms with Gasteiger partial charge < -0.3 is 0 Å². The van der Waals surface area contributed by atoms with Crippen LogP contribution in [-0.2, 0) is 14.7 Å². The summed E-state index contributed by atoms with van der Waals surface area (Å²) in [7, 11) is -0.0176. The molecule has 0 aromatic carbocycles. The van der Waals surface area contributed by atoms with Crippen molar-refractivity contribution in [3.63, 3.8) is 0 Å². The summed E-state index contributed by atoms with van der Waals surface area (Å²) in [6.07, 6.45) is 0. The summed E-state index contributed by atoms with van der Waals surface area (Å²) < 4.78 is 33.6. The summed E-state index contributed by atoms with van der Waals surface area (Å²) in [5, 5.41) is 5.21. The first-order valence-electron chi connectivity index (χ1n) is 3.04. The molecule has 0 amide bonds. The lowest BCUT2D eigenvalue weighted by Crippen LogP contribution is -2.40. The maximum atomic E-state index is 10.2. The Morgan fingerprint density at radius 3 is 2.08 bits per heavy atom. The minimum absolute atomic E-state index is 0.299. The fourth-order valence-electron chi connectivity index (χ4n) is 0.618. The van der Waals surface area contributed by atoms with Gasteiger partial charge in [0.2, 0.25) is 0 Å². The average molecular weight is 198 g/mol. The molecule has 3 N–H and O–H groups in total. The Bertz CT molecular complexity index is 264. The highest BCUT2D eigenvalue weighted by atomic mass is 32.3. The molecule has 0 aliphatic rings. The van der Waals surface area contributed by atoms with E-state index in [1.807, 2.05) is 0 Å². The van der Waals surface area contributed by atoms with Crippen LogP contribution in [0.1, 0.15) is 0 Å². The van der Waals surface area contributed by atoms with Gasteiger partial charge in [0.05, 0.1) is 21.1 Å². The second kappa shape index (κ2) is 4.12. The van der Waals surface area contributed by atoms with Crippen LogP contribution in [0.3, 0.4) is 0 Å². The predicted octanol–water partition coefficient (Wildman–Crippen LogP) is -1.84. The molecule has 0 unspecified atom stereocenters. The third kappa shape index (κ3) is 3.98. The molecule has 8 heteroatoms. The van der Waals surface area contributed by atoms with Gasteiger partial charge in [0, 0.05) is 0 Å². The van der Waals surface area contributed by atoms with Gasteiger partial charge in [-0.3, -0.25) is 15.2 Å². The monoisotopic (exact) mass is 198 g/mol. The van der Waals surface area contributed by atoms with E-state index < -0.39 is 10.4 Å². The molecule has 0 heterocycles. The molecule has 0 saturated heterocycles. The van der Waals surface area contributed by atoms with Crippen LogP contribution in [0.5, 0.6) is 0 Å². The van der Waals surface area contributed by atoms with Crippen LogP contribution in [0.15, 0.2) is 0 Å². The molecule has 0 aliphatic heterocycles. The lowest BCUT2D eigenvalue weighted by Gasteiger charge is -2.03. The first-order valence-corrected chi connectivity index (χ1v) is 4.40. The van der Waals surface area contributed by atoms with Gasteiger partial charge in [-0.25, -0.2) is 4.28 Å². The van der Waals surface area contributed by atoms with E-state index in [0.29, 0.717) is 5.96 Å². The quantitative estimate of drug-likeness (QED) is 0.159. The molecule has 0 atom stereocenters. The zero-order valence-electron chi connectivity index (χ0n) is 7.03. The van der Waals surface area contributed by atoms with Crippen LogP contribution in [0.4, 0.5) is 0 Å². The second-order valence-electron chi connectivity index (χ2n) is 1.85. The number of nitrogens with one attached hydrogen (secondary N) is 2. The SMILES string of the molecule is CNC(NC)=[N+](C)OS(=O)(=O)O. The fraction of sp³-hybridized carbons (Fsp3) is 0.750. The summed E-state index contributed by atoms with van der Waals surface area (Å²) in [6.45, 7) is 0. The molecular weight excluding hydrogens is 186 g/mol. The topological polar surface area (TPSA) is 90.7 Å². The molecule has 0 radical (unpaired) electrons. The Morgan fingerprint density at radius 1 is 1.42 bits per heavy atom. The highest BCUT2D eigenvalue weighted by Gasteiger charge is 2.12. The third-order valence-corrected chi connectivity index (χ3v) is 1.41. The van der Waals surface area contributed by atoms with Crippen molar-refractivity contribution in [3.05, 3.63) is 0 Å². The van der Waals surface area contributed by atoms with E-state index in [1.54, 1.807) is 14.1 Å². The van der Waals surface area contributed by atoms with Crippen LogP contribution in [0, 0.1) is 0 Å². The van der Waals surface area contributed by atoms with Crippen molar-refractivity contribution in [1.82, 2.24) is 10.6 Å². The Morgan fingerprint density at radius 2 is 1.83 bits per heavy atom. The second-order valence-corrected chi connectivity index (χ2v) is 2.85. The summed E-state index contributed by atoms with van der Waals surface area (Å²) in [5.41, 5.74) is 0. The van der Waals surface area contributed by atoms with Crippen LogP contribution in [0.25, 0.3) is 0 Å². The third-order valence-electron chi connectivity index (χ3n) is 0.994. The summed E-state index contributed by atoms with van der Waals surface area (Å²) in [5.74, 6) is 0.299. The van der Waals surface area contributed by atoms with Gasteiger partial charge in [-0.1, -0.05) is 4.74 Å². The molecule has 0 saturated carbocycles. The summed E-state index contributed by atoms with van der Waals surface area (Å²) in [4.78, 5) is 0. The van der Waals surface area contributed by atoms with Crippen molar-refractivity contribution >= 4 is 16.4 Å². The zero-order valence-corrected chi connectivity index (χ0v) is 7.84. The number of hydrogen-bond acceptors (Lipinski definition) is 3. The van der Waals surface area contributed by atoms with Gasteiger partial charge in [-0.05, 0) is 0 Å². The molecule has 72 valence electrons. The Kier molecular flexibility index (Phi) is 3.77. The molecule has 0 aromatic rings. The maximum absolute atomic E-state index is 10.2. The van der Waals surface area contributed by atoms with Gasteiger partial charge in [0.25, 0.3) is 0 Å². The van der Waals surface area contributed by atoms with Crippen molar-refractivity contribution < 1.29 is 22.0 Å². The van der Waals surface area contributed by atoms with E-state index in [2.05, 4.69) is 14.9 Å². The molecule has 7 nitrogen and oxygen atoms in total. The fourth-order valence-corrected chi connectivity index (χ4v) is 0.976. The van der Waals surface area contributed by atoms with E-state index >= 15 is 0 Å². The molecule has 0 aromatic heterocycles. The number of hydrogen-bond donors (Lipinski definition) is 3. The van der Waals surface area contributed by atoms with E-state index in [0.717, 1.165) is 4.74 Å². The van der Waals surface area contributed by atoms with Crippen LogP contribution < -0.4 is 10.6 Å². The van der Waals surface area contributed by atoms with Crippen molar-refractivity contribution in [3.8, 4) is 0 Å². The van der Waals surface area contributed by atoms with E-state index in [1.165, 1.54) is 7.05 Å². The first kappa shape index (κ1) is 11.0. The number of hydroxylamine groups is 1. The lowest BCUT2D eigenvalue weighted by molar-refractivity contribution is -0.727. The van der Waals surface area contributed by atoms with Gasteiger partial charge >= 0.3 is 16.4 Å². The van der Waals surface area contributed by atoms with Gasteiger partial charge in [-0.2, -0.15) is 8.42 Å². The largest absolute Gasteiger partial charge is 0.476 e. The van der Waals surface area contributed by atoms with Crippen LogP contribution >= 0.6 is 0 Å². The summed E-state index contributed by atoms with van der Waals surface area (Å²) >= 11 is 0. The Hall–Kier alpha value is -1.02.